The fourth-order valence-electron chi connectivity index (χ4n) is 7.61. The molecule has 0 amide bonds. The average molecular weight is 641 g/mol. The summed E-state index contributed by atoms with van der Waals surface area (Å²) in [6, 6.07) is 53.2. The fourth-order valence-corrected chi connectivity index (χ4v) is 8.72. The molecule has 0 bridgehead atoms. The Morgan fingerprint density at radius 1 is 0.531 bits per heavy atom. The predicted octanol–water partition coefficient (Wildman–Crippen LogP) is 12.3. The topological polar surface area (TPSA) is 38.0 Å². The van der Waals surface area contributed by atoms with Crippen molar-refractivity contribution >= 4 is 80.8 Å². The van der Waals surface area contributed by atoms with Gasteiger partial charge in [0, 0.05) is 47.7 Å². The SMILES string of the molecule is [C-]#[N+]c1ccc2c(c1)c1ccc3sc4ccccc4c3c1n2-c1cccc(-c2cccc(-n3c4ccccc4c4cc(C#N)ccc43)c2)c1. The van der Waals surface area contributed by atoms with Crippen molar-refractivity contribution in [2.45, 2.75) is 0 Å². The molecule has 7 aromatic carbocycles. The maximum absolute atomic E-state index is 9.60. The van der Waals surface area contributed by atoms with E-state index in [0.29, 0.717) is 11.3 Å². The zero-order chi connectivity index (χ0) is 32.6. The van der Waals surface area contributed by atoms with Gasteiger partial charge in [-0.2, -0.15) is 5.26 Å². The van der Waals surface area contributed by atoms with Crippen LogP contribution in [-0.2, 0) is 0 Å². The summed E-state index contributed by atoms with van der Waals surface area (Å²) < 4.78 is 7.19. The van der Waals surface area contributed by atoms with Gasteiger partial charge < -0.3 is 9.13 Å². The molecule has 0 radical (unpaired) electrons. The molecule has 10 aromatic rings. The Balaban J connectivity index is 1.21. The molecular formula is C44H24N4S. The quantitative estimate of drug-likeness (QED) is 0.177. The smallest absolute Gasteiger partial charge is 0.188 e. The van der Waals surface area contributed by atoms with E-state index in [1.165, 1.54) is 25.7 Å². The van der Waals surface area contributed by atoms with Gasteiger partial charge in [0.25, 0.3) is 0 Å². The molecule has 0 aliphatic carbocycles. The van der Waals surface area contributed by atoms with Crippen LogP contribution in [0.4, 0.5) is 5.69 Å². The number of hydrogen-bond acceptors (Lipinski definition) is 2. The lowest BCUT2D eigenvalue weighted by Crippen LogP contribution is -1.96. The summed E-state index contributed by atoms with van der Waals surface area (Å²) in [6.45, 7) is 7.72. The Bertz CT molecular complexity index is 3090. The second-order valence-electron chi connectivity index (χ2n) is 12.4. The first-order chi connectivity index (χ1) is 24.2. The third kappa shape index (κ3) is 4.01. The number of thiophene rings is 1. The first-order valence-corrected chi connectivity index (χ1v) is 16.9. The molecule has 0 spiro atoms. The number of rotatable bonds is 3. The van der Waals surface area contributed by atoms with Crippen LogP contribution < -0.4 is 0 Å². The number of nitrogens with zero attached hydrogens (tertiary/aromatic N) is 4. The lowest BCUT2D eigenvalue weighted by Gasteiger charge is -2.13. The molecule has 5 heteroatoms. The molecule has 4 nitrogen and oxygen atoms in total. The van der Waals surface area contributed by atoms with Crippen molar-refractivity contribution in [2.75, 3.05) is 0 Å². The predicted molar refractivity (Wildman–Crippen MR) is 204 cm³/mol. The van der Waals surface area contributed by atoms with E-state index in [0.717, 1.165) is 60.6 Å². The van der Waals surface area contributed by atoms with E-state index in [1.807, 2.05) is 35.6 Å². The minimum absolute atomic E-state index is 0.640. The number of nitriles is 1. The van der Waals surface area contributed by atoms with Crippen LogP contribution in [0.5, 0.6) is 0 Å². The largest absolute Gasteiger partial charge is 0.309 e. The molecule has 0 aliphatic heterocycles. The van der Waals surface area contributed by atoms with E-state index in [9.17, 15) is 5.26 Å². The zero-order valence-corrected chi connectivity index (χ0v) is 26.9. The third-order valence-electron chi connectivity index (χ3n) is 9.72. The van der Waals surface area contributed by atoms with Crippen molar-refractivity contribution in [1.29, 1.82) is 5.26 Å². The molecule has 0 N–H and O–H groups in total. The molecule has 0 saturated heterocycles. The number of benzene rings is 7. The second-order valence-corrected chi connectivity index (χ2v) is 13.5. The molecule has 0 saturated carbocycles. The van der Waals surface area contributed by atoms with E-state index < -0.39 is 0 Å². The van der Waals surface area contributed by atoms with Crippen LogP contribution in [0.15, 0.2) is 146 Å². The molecule has 3 aromatic heterocycles. The maximum atomic E-state index is 9.60. The lowest BCUT2D eigenvalue weighted by molar-refractivity contribution is 1.18. The van der Waals surface area contributed by atoms with Crippen molar-refractivity contribution < 1.29 is 0 Å². The highest BCUT2D eigenvalue weighted by Gasteiger charge is 2.19. The molecule has 0 fully saturated rings. The molecule has 0 unspecified atom stereocenters. The minimum Gasteiger partial charge on any atom is -0.309 e. The zero-order valence-electron chi connectivity index (χ0n) is 26.1. The van der Waals surface area contributed by atoms with Gasteiger partial charge in [-0.3, -0.25) is 0 Å². The van der Waals surface area contributed by atoms with E-state index >= 15 is 0 Å². The van der Waals surface area contributed by atoms with Crippen molar-refractivity contribution in [1.82, 2.24) is 9.13 Å². The summed E-state index contributed by atoms with van der Waals surface area (Å²) in [4.78, 5) is 3.77. The van der Waals surface area contributed by atoms with Gasteiger partial charge in [-0.1, -0.05) is 72.8 Å². The summed E-state index contributed by atoms with van der Waals surface area (Å²) in [7, 11) is 0. The first kappa shape index (κ1) is 27.5. The van der Waals surface area contributed by atoms with Gasteiger partial charge >= 0.3 is 0 Å². The Kier molecular flexibility index (Phi) is 5.84. The van der Waals surface area contributed by atoms with Gasteiger partial charge in [-0.25, -0.2) is 4.85 Å². The van der Waals surface area contributed by atoms with Crippen molar-refractivity contribution in [2.24, 2.45) is 0 Å². The number of aromatic nitrogens is 2. The summed E-state index contributed by atoms with van der Waals surface area (Å²) in [5.41, 5.74) is 10.1. The van der Waals surface area contributed by atoms with Crippen LogP contribution >= 0.6 is 11.3 Å². The van der Waals surface area contributed by atoms with Crippen LogP contribution in [0, 0.1) is 17.9 Å². The number of fused-ring (bicyclic) bond motifs is 10. The van der Waals surface area contributed by atoms with E-state index in [2.05, 4.69) is 141 Å². The Labute approximate surface area is 285 Å². The maximum Gasteiger partial charge on any atom is 0.188 e. The molecule has 226 valence electrons. The van der Waals surface area contributed by atoms with Gasteiger partial charge in [0.1, 0.15) is 0 Å². The van der Waals surface area contributed by atoms with Gasteiger partial charge in [-0.05, 0) is 89.3 Å². The van der Waals surface area contributed by atoms with E-state index in [4.69, 9.17) is 6.57 Å². The van der Waals surface area contributed by atoms with Gasteiger partial charge in [0.15, 0.2) is 5.69 Å². The van der Waals surface area contributed by atoms with Gasteiger partial charge in [0.2, 0.25) is 0 Å². The highest BCUT2D eigenvalue weighted by molar-refractivity contribution is 7.26. The summed E-state index contributed by atoms with van der Waals surface area (Å²) in [5.74, 6) is 0. The lowest BCUT2D eigenvalue weighted by atomic mass is 10.0. The molecular weight excluding hydrogens is 617 g/mol. The molecule has 49 heavy (non-hydrogen) atoms. The normalized spacial score (nSPS) is 11.6. The average Bonchev–Trinajstić information content (AvgIpc) is 3.82. The van der Waals surface area contributed by atoms with Crippen molar-refractivity contribution in [3.8, 4) is 28.6 Å². The third-order valence-corrected chi connectivity index (χ3v) is 10.9. The fraction of sp³-hybridized carbons (Fsp3) is 0. The Hall–Kier alpha value is -6.66. The van der Waals surface area contributed by atoms with E-state index in [-0.39, 0.29) is 0 Å². The molecule has 10 rings (SSSR count). The Morgan fingerprint density at radius 3 is 2.00 bits per heavy atom. The second kappa shape index (κ2) is 10.4. The van der Waals surface area contributed by atoms with Crippen molar-refractivity contribution in [3.63, 3.8) is 0 Å². The summed E-state index contributed by atoms with van der Waals surface area (Å²) in [6.07, 6.45) is 0. The highest BCUT2D eigenvalue weighted by Crippen LogP contribution is 2.44. The van der Waals surface area contributed by atoms with E-state index in [1.54, 1.807) is 0 Å². The molecule has 3 heterocycles. The standard InChI is InChI=1S/C44H24N4S/c1-46-30-17-20-40-37(25-30)34-18-21-42-43(35-13-3-5-15-41(35)49-42)44(34)48(40)32-11-7-9-29(24-32)28-8-6-10-31(23-28)47-38-14-4-2-12-33(38)36-22-27(26-45)16-19-39(36)47/h2-25H. The van der Waals surface area contributed by atoms with Crippen LogP contribution in [0.3, 0.4) is 0 Å². The molecule has 0 atom stereocenters. The first-order valence-electron chi connectivity index (χ1n) is 16.1. The van der Waals surface area contributed by atoms with Gasteiger partial charge in [0.05, 0.1) is 40.3 Å². The Morgan fingerprint density at radius 2 is 1.20 bits per heavy atom. The highest BCUT2D eigenvalue weighted by atomic mass is 32.1. The number of para-hydroxylation sites is 1. The van der Waals surface area contributed by atoms with Crippen LogP contribution in [0.2, 0.25) is 0 Å². The monoisotopic (exact) mass is 640 g/mol. The number of hydrogen-bond donors (Lipinski definition) is 0. The summed E-state index contributed by atoms with van der Waals surface area (Å²) in [5, 5.41) is 16.5. The van der Waals surface area contributed by atoms with Gasteiger partial charge in [-0.15, -0.1) is 11.3 Å². The van der Waals surface area contributed by atoms with Crippen LogP contribution in [0.25, 0.3) is 91.1 Å². The van der Waals surface area contributed by atoms with Crippen molar-refractivity contribution in [3.05, 3.63) is 163 Å². The summed E-state index contributed by atoms with van der Waals surface area (Å²) >= 11 is 1.82. The molecule has 0 aliphatic rings. The van der Waals surface area contributed by atoms with Crippen LogP contribution in [0.1, 0.15) is 5.56 Å². The minimum atomic E-state index is 0.640. The van der Waals surface area contributed by atoms with Crippen LogP contribution in [-0.4, -0.2) is 9.13 Å².